The summed E-state index contributed by atoms with van der Waals surface area (Å²) in [5, 5.41) is 12.5. The molecule has 3 atom stereocenters. The van der Waals surface area contributed by atoms with Gasteiger partial charge in [0.15, 0.2) is 0 Å². The van der Waals surface area contributed by atoms with Gasteiger partial charge in [0.2, 0.25) is 11.1 Å². The van der Waals surface area contributed by atoms with E-state index >= 15 is 0 Å². The van der Waals surface area contributed by atoms with E-state index in [-0.39, 0.29) is 11.2 Å². The number of aromatic nitrogens is 4. The molecule has 0 radical (unpaired) electrons. The van der Waals surface area contributed by atoms with E-state index in [0.717, 1.165) is 29.9 Å². The van der Waals surface area contributed by atoms with Gasteiger partial charge in [-0.2, -0.15) is 4.68 Å². The summed E-state index contributed by atoms with van der Waals surface area (Å²) in [5.74, 6) is 1.28. The maximum absolute atomic E-state index is 12.9. The third kappa shape index (κ3) is 4.26. The van der Waals surface area contributed by atoms with E-state index in [9.17, 15) is 4.79 Å². The summed E-state index contributed by atoms with van der Waals surface area (Å²) >= 11 is 1.42. The zero-order chi connectivity index (χ0) is 18.8. The molecule has 26 heavy (non-hydrogen) atoms. The number of tetrazole rings is 1. The minimum Gasteiger partial charge on any atom is -0.341 e. The Morgan fingerprint density at radius 2 is 1.77 bits per heavy atom. The van der Waals surface area contributed by atoms with Crippen LogP contribution in [0.1, 0.15) is 38.3 Å². The van der Waals surface area contributed by atoms with Gasteiger partial charge in [-0.05, 0) is 72.7 Å². The molecule has 0 aliphatic carbocycles. The smallest absolute Gasteiger partial charge is 0.235 e. The van der Waals surface area contributed by atoms with E-state index in [1.54, 1.807) is 4.68 Å². The number of carbonyl (C=O) groups excluding carboxylic acids is 1. The van der Waals surface area contributed by atoms with E-state index in [2.05, 4.69) is 49.3 Å². The zero-order valence-corrected chi connectivity index (χ0v) is 17.0. The Hall–Kier alpha value is -1.89. The van der Waals surface area contributed by atoms with Crippen molar-refractivity contribution in [3.63, 3.8) is 0 Å². The average molecular weight is 374 g/mol. The number of piperidine rings is 1. The summed E-state index contributed by atoms with van der Waals surface area (Å²) in [5.41, 5.74) is 3.24. The lowest BCUT2D eigenvalue weighted by Gasteiger charge is -2.36. The van der Waals surface area contributed by atoms with Gasteiger partial charge in [-0.3, -0.25) is 4.79 Å². The van der Waals surface area contributed by atoms with Crippen molar-refractivity contribution in [2.75, 3.05) is 13.1 Å². The Kier molecular flexibility index (Phi) is 5.65. The molecule has 7 heteroatoms. The Morgan fingerprint density at radius 3 is 2.38 bits per heavy atom. The average Bonchev–Trinajstić information content (AvgIpc) is 3.00. The molecule has 1 aromatic carbocycles. The van der Waals surface area contributed by atoms with Crippen LogP contribution in [0.15, 0.2) is 23.4 Å². The van der Waals surface area contributed by atoms with Crippen molar-refractivity contribution in [2.45, 2.75) is 51.4 Å². The molecule has 0 bridgehead atoms. The quantitative estimate of drug-likeness (QED) is 0.770. The largest absolute Gasteiger partial charge is 0.341 e. The molecule has 1 saturated heterocycles. The summed E-state index contributed by atoms with van der Waals surface area (Å²) in [6.45, 7) is 12.2. The lowest BCUT2D eigenvalue weighted by atomic mass is 9.92. The Labute approximate surface area is 159 Å². The van der Waals surface area contributed by atoms with Crippen LogP contribution in [-0.4, -0.2) is 49.4 Å². The Bertz CT molecular complexity index is 760. The van der Waals surface area contributed by atoms with E-state index in [1.807, 2.05) is 24.0 Å². The minimum absolute atomic E-state index is 0.170. The standard InChI is InChI=1S/C19H27N5OS/c1-12-6-13(2)9-17(8-12)24-19(20-21-22-24)26-16(5)18(25)23-10-14(3)7-15(4)11-23/h6,8-9,14-16H,7,10-11H2,1-5H3. The molecule has 140 valence electrons. The molecule has 1 aliphatic heterocycles. The third-order valence-corrected chi connectivity index (χ3v) is 5.72. The number of thioether (sulfide) groups is 1. The summed E-state index contributed by atoms with van der Waals surface area (Å²) < 4.78 is 1.72. The van der Waals surface area contributed by atoms with Crippen LogP contribution in [0.25, 0.3) is 5.69 Å². The normalized spacial score (nSPS) is 21.7. The first-order chi connectivity index (χ1) is 12.3. The molecule has 1 fully saturated rings. The number of hydrogen-bond donors (Lipinski definition) is 0. The molecule has 1 amide bonds. The van der Waals surface area contributed by atoms with E-state index in [1.165, 1.54) is 18.2 Å². The predicted molar refractivity (Wildman–Crippen MR) is 103 cm³/mol. The van der Waals surface area contributed by atoms with Crippen molar-refractivity contribution in [2.24, 2.45) is 11.8 Å². The SMILES string of the molecule is Cc1cc(C)cc(-n2nnnc2SC(C)C(=O)N2CC(C)CC(C)C2)c1. The van der Waals surface area contributed by atoms with Crippen molar-refractivity contribution in [1.29, 1.82) is 0 Å². The Morgan fingerprint density at radius 1 is 1.15 bits per heavy atom. The van der Waals surface area contributed by atoms with Crippen molar-refractivity contribution >= 4 is 17.7 Å². The second-order valence-corrected chi connectivity index (χ2v) is 8.98. The van der Waals surface area contributed by atoms with Crippen LogP contribution in [0.3, 0.4) is 0 Å². The van der Waals surface area contributed by atoms with E-state index < -0.39 is 0 Å². The van der Waals surface area contributed by atoms with Gasteiger partial charge in [0.25, 0.3) is 0 Å². The molecule has 3 rings (SSSR count). The number of benzene rings is 1. The van der Waals surface area contributed by atoms with Gasteiger partial charge in [0.05, 0.1) is 10.9 Å². The number of likely N-dealkylation sites (tertiary alicyclic amines) is 1. The highest BCUT2D eigenvalue weighted by Gasteiger charge is 2.29. The summed E-state index contributed by atoms with van der Waals surface area (Å²) in [4.78, 5) is 14.9. The van der Waals surface area contributed by atoms with Gasteiger partial charge in [-0.1, -0.05) is 31.7 Å². The number of aryl methyl sites for hydroxylation is 2. The second kappa shape index (κ2) is 7.78. The number of nitrogens with zero attached hydrogens (tertiary/aromatic N) is 5. The van der Waals surface area contributed by atoms with Crippen LogP contribution in [0.5, 0.6) is 0 Å². The molecule has 6 nitrogen and oxygen atoms in total. The van der Waals surface area contributed by atoms with Crippen molar-refractivity contribution < 1.29 is 4.79 Å². The second-order valence-electron chi connectivity index (χ2n) is 7.67. The number of hydrogen-bond acceptors (Lipinski definition) is 5. The van der Waals surface area contributed by atoms with E-state index in [4.69, 9.17) is 0 Å². The minimum atomic E-state index is -0.219. The molecule has 1 aromatic heterocycles. The third-order valence-electron chi connectivity index (χ3n) is 4.70. The lowest BCUT2D eigenvalue weighted by Crippen LogP contribution is -2.45. The monoisotopic (exact) mass is 373 g/mol. The molecule has 3 unspecified atom stereocenters. The molecule has 2 heterocycles. The molecule has 0 spiro atoms. The fourth-order valence-electron chi connectivity index (χ4n) is 3.80. The number of carbonyl (C=O) groups is 1. The summed E-state index contributed by atoms with van der Waals surface area (Å²) in [6, 6.07) is 6.22. The van der Waals surface area contributed by atoms with Gasteiger partial charge >= 0.3 is 0 Å². The van der Waals surface area contributed by atoms with Crippen LogP contribution >= 0.6 is 11.8 Å². The summed E-state index contributed by atoms with van der Waals surface area (Å²) in [7, 11) is 0. The molecular weight excluding hydrogens is 346 g/mol. The maximum Gasteiger partial charge on any atom is 0.235 e. The molecule has 0 N–H and O–H groups in total. The van der Waals surface area contributed by atoms with Crippen molar-refractivity contribution in [1.82, 2.24) is 25.1 Å². The lowest BCUT2D eigenvalue weighted by molar-refractivity contribution is -0.132. The van der Waals surface area contributed by atoms with Crippen LogP contribution in [0, 0.1) is 25.7 Å². The fourth-order valence-corrected chi connectivity index (χ4v) is 4.69. The van der Waals surface area contributed by atoms with Crippen molar-refractivity contribution in [3.05, 3.63) is 29.3 Å². The molecule has 0 saturated carbocycles. The highest BCUT2D eigenvalue weighted by Crippen LogP contribution is 2.27. The van der Waals surface area contributed by atoms with Gasteiger partial charge in [0.1, 0.15) is 0 Å². The molecule has 1 aliphatic rings. The molecule has 2 aromatic rings. The highest BCUT2D eigenvalue weighted by molar-refractivity contribution is 8.00. The highest BCUT2D eigenvalue weighted by atomic mass is 32.2. The van der Waals surface area contributed by atoms with Gasteiger partial charge in [-0.25, -0.2) is 0 Å². The van der Waals surface area contributed by atoms with Crippen molar-refractivity contribution in [3.8, 4) is 5.69 Å². The first kappa shape index (κ1) is 18.9. The van der Waals surface area contributed by atoms with Gasteiger partial charge < -0.3 is 4.90 Å². The van der Waals surface area contributed by atoms with Crippen LogP contribution in [0.2, 0.25) is 0 Å². The zero-order valence-electron chi connectivity index (χ0n) is 16.1. The fraction of sp³-hybridized carbons (Fsp3) is 0.579. The first-order valence-corrected chi connectivity index (χ1v) is 10.0. The molecular formula is C19H27N5OS. The first-order valence-electron chi connectivity index (χ1n) is 9.16. The van der Waals surface area contributed by atoms with Gasteiger partial charge in [0, 0.05) is 13.1 Å². The topological polar surface area (TPSA) is 63.9 Å². The van der Waals surface area contributed by atoms with Crippen LogP contribution in [-0.2, 0) is 4.79 Å². The van der Waals surface area contributed by atoms with Gasteiger partial charge in [-0.15, -0.1) is 5.10 Å². The number of rotatable bonds is 4. The maximum atomic E-state index is 12.9. The van der Waals surface area contributed by atoms with Crippen LogP contribution in [0.4, 0.5) is 0 Å². The Balaban J connectivity index is 1.75. The summed E-state index contributed by atoms with van der Waals surface area (Å²) in [6.07, 6.45) is 1.19. The van der Waals surface area contributed by atoms with Crippen LogP contribution < -0.4 is 0 Å². The number of amides is 1. The van der Waals surface area contributed by atoms with E-state index in [0.29, 0.717) is 17.0 Å². The predicted octanol–water partition coefficient (Wildman–Crippen LogP) is 3.26.